The average Bonchev–Trinajstić information content (AvgIpc) is 2.31. The minimum Gasteiger partial charge on any atom is -0.409 e. The van der Waals surface area contributed by atoms with Gasteiger partial charge in [0.25, 0.3) is 0 Å². The van der Waals surface area contributed by atoms with E-state index in [1.54, 1.807) is 24.3 Å². The lowest BCUT2D eigenvalue weighted by atomic mass is 9.94. The number of carbonyl (C=O) groups is 1. The average molecular weight is 270 g/mol. The van der Waals surface area contributed by atoms with Gasteiger partial charge >= 0.3 is 0 Å². The zero-order valence-corrected chi connectivity index (χ0v) is 11.0. The Morgan fingerprint density at radius 2 is 1.94 bits per heavy atom. The molecular weight excluding hydrogens is 254 g/mol. The molecule has 4 N–H and O–H groups in total. The Morgan fingerprint density at radius 1 is 1.39 bits per heavy atom. The molecule has 0 aliphatic rings. The second-order valence-corrected chi connectivity index (χ2v) is 4.68. The number of nitrogens with one attached hydrogen (secondary N) is 1. The van der Waals surface area contributed by atoms with Gasteiger partial charge < -0.3 is 16.3 Å². The molecule has 18 heavy (non-hydrogen) atoms. The summed E-state index contributed by atoms with van der Waals surface area (Å²) in [7, 11) is 0. The van der Waals surface area contributed by atoms with E-state index < -0.39 is 5.92 Å². The van der Waals surface area contributed by atoms with E-state index in [4.69, 9.17) is 22.5 Å². The molecule has 1 rings (SSSR count). The van der Waals surface area contributed by atoms with Crippen molar-refractivity contribution in [3.8, 4) is 0 Å². The Bertz CT molecular complexity index is 443. The molecule has 0 aliphatic carbocycles. The van der Waals surface area contributed by atoms with Gasteiger partial charge in [-0.1, -0.05) is 30.6 Å². The second-order valence-electron chi connectivity index (χ2n) is 4.24. The maximum atomic E-state index is 12.0. The lowest BCUT2D eigenvalue weighted by molar-refractivity contribution is -0.119. The molecule has 98 valence electrons. The number of halogens is 1. The number of nitrogens with two attached hydrogens (primary N) is 1. The summed E-state index contributed by atoms with van der Waals surface area (Å²) in [5, 5.41) is 14.9. The highest BCUT2D eigenvalue weighted by Gasteiger charge is 2.26. The van der Waals surface area contributed by atoms with Crippen LogP contribution in [-0.4, -0.2) is 17.0 Å². The van der Waals surface area contributed by atoms with Gasteiger partial charge in [0.05, 0.1) is 0 Å². The summed E-state index contributed by atoms with van der Waals surface area (Å²) in [6.07, 6.45) is 0. The maximum absolute atomic E-state index is 12.0. The van der Waals surface area contributed by atoms with Gasteiger partial charge in [-0.25, -0.2) is 0 Å². The smallest absolute Gasteiger partial charge is 0.235 e. The highest BCUT2D eigenvalue weighted by molar-refractivity contribution is 6.30. The van der Waals surface area contributed by atoms with Crippen LogP contribution in [0.15, 0.2) is 29.4 Å². The van der Waals surface area contributed by atoms with Crippen LogP contribution in [0.1, 0.15) is 13.8 Å². The number of anilines is 1. The summed E-state index contributed by atoms with van der Waals surface area (Å²) >= 11 is 5.75. The normalized spacial score (nSPS) is 13.4. The molecule has 1 unspecified atom stereocenters. The molecule has 0 fully saturated rings. The third-order valence-electron chi connectivity index (χ3n) is 2.50. The monoisotopic (exact) mass is 269 g/mol. The van der Waals surface area contributed by atoms with Gasteiger partial charge in [0.15, 0.2) is 5.84 Å². The van der Waals surface area contributed by atoms with Gasteiger partial charge in [-0.15, -0.1) is 0 Å². The van der Waals surface area contributed by atoms with E-state index in [0.717, 1.165) is 0 Å². The number of nitrogens with zero attached hydrogens (tertiary/aromatic N) is 1. The SMILES string of the molecule is CC(C)C(C(=O)Nc1ccc(Cl)cc1)/C(N)=N/O. The summed E-state index contributed by atoms with van der Waals surface area (Å²) in [4.78, 5) is 12.0. The van der Waals surface area contributed by atoms with Crippen LogP contribution in [0.3, 0.4) is 0 Å². The van der Waals surface area contributed by atoms with E-state index in [1.807, 2.05) is 13.8 Å². The van der Waals surface area contributed by atoms with Crippen LogP contribution in [0.25, 0.3) is 0 Å². The highest BCUT2D eigenvalue weighted by Crippen LogP contribution is 2.17. The van der Waals surface area contributed by atoms with E-state index in [1.165, 1.54) is 0 Å². The van der Waals surface area contributed by atoms with Gasteiger partial charge in [-0.05, 0) is 30.2 Å². The van der Waals surface area contributed by atoms with Crippen molar-refractivity contribution in [2.75, 3.05) is 5.32 Å². The first-order valence-corrected chi connectivity index (χ1v) is 5.87. The van der Waals surface area contributed by atoms with Gasteiger partial charge in [0.1, 0.15) is 5.92 Å². The summed E-state index contributed by atoms with van der Waals surface area (Å²) in [5.74, 6) is -1.17. The van der Waals surface area contributed by atoms with Crippen molar-refractivity contribution in [1.82, 2.24) is 0 Å². The zero-order valence-electron chi connectivity index (χ0n) is 10.2. The van der Waals surface area contributed by atoms with E-state index in [-0.39, 0.29) is 17.7 Å². The Hall–Kier alpha value is -1.75. The van der Waals surface area contributed by atoms with Crippen molar-refractivity contribution in [2.45, 2.75) is 13.8 Å². The number of carbonyl (C=O) groups excluding carboxylic acids is 1. The maximum Gasteiger partial charge on any atom is 0.235 e. The zero-order chi connectivity index (χ0) is 13.7. The van der Waals surface area contributed by atoms with Crippen molar-refractivity contribution in [3.63, 3.8) is 0 Å². The predicted octanol–water partition coefficient (Wildman–Crippen LogP) is 2.30. The molecule has 0 saturated heterocycles. The molecular formula is C12H16ClN3O2. The fourth-order valence-corrected chi connectivity index (χ4v) is 1.72. The van der Waals surface area contributed by atoms with Gasteiger partial charge in [-0.2, -0.15) is 0 Å². The highest BCUT2D eigenvalue weighted by atomic mass is 35.5. The van der Waals surface area contributed by atoms with E-state index >= 15 is 0 Å². The minimum atomic E-state index is -0.675. The number of hydrogen-bond acceptors (Lipinski definition) is 3. The van der Waals surface area contributed by atoms with E-state index in [2.05, 4.69) is 10.5 Å². The Kier molecular flexibility index (Phi) is 4.97. The number of amidine groups is 1. The summed E-state index contributed by atoms with van der Waals surface area (Å²) in [6, 6.07) is 6.71. The van der Waals surface area contributed by atoms with Crippen LogP contribution >= 0.6 is 11.6 Å². The molecule has 1 aromatic rings. The Morgan fingerprint density at radius 3 is 2.39 bits per heavy atom. The lowest BCUT2D eigenvalue weighted by Crippen LogP contribution is -2.38. The largest absolute Gasteiger partial charge is 0.409 e. The molecule has 0 aliphatic heterocycles. The quantitative estimate of drug-likeness (QED) is 0.339. The van der Waals surface area contributed by atoms with Gasteiger partial charge in [0.2, 0.25) is 5.91 Å². The summed E-state index contributed by atoms with van der Waals surface area (Å²) in [6.45, 7) is 3.65. The van der Waals surface area contributed by atoms with Crippen molar-refractivity contribution >= 4 is 29.0 Å². The third-order valence-corrected chi connectivity index (χ3v) is 2.75. The van der Waals surface area contributed by atoms with Crippen LogP contribution in [0, 0.1) is 11.8 Å². The topological polar surface area (TPSA) is 87.7 Å². The molecule has 0 bridgehead atoms. The number of hydrogen-bond donors (Lipinski definition) is 3. The molecule has 5 nitrogen and oxygen atoms in total. The fraction of sp³-hybridized carbons (Fsp3) is 0.333. The summed E-state index contributed by atoms with van der Waals surface area (Å²) < 4.78 is 0. The molecule has 1 amide bonds. The lowest BCUT2D eigenvalue weighted by Gasteiger charge is -2.18. The molecule has 0 spiro atoms. The molecule has 0 heterocycles. The van der Waals surface area contributed by atoms with Crippen LogP contribution in [0.5, 0.6) is 0 Å². The molecule has 1 aromatic carbocycles. The van der Waals surface area contributed by atoms with Crippen LogP contribution in [-0.2, 0) is 4.79 Å². The predicted molar refractivity (Wildman–Crippen MR) is 71.8 cm³/mol. The van der Waals surface area contributed by atoms with Crippen LogP contribution in [0.4, 0.5) is 5.69 Å². The Balaban J connectivity index is 2.82. The molecule has 0 radical (unpaired) electrons. The first kappa shape index (κ1) is 14.3. The van der Waals surface area contributed by atoms with Crippen molar-refractivity contribution in [3.05, 3.63) is 29.3 Å². The third kappa shape index (κ3) is 3.63. The summed E-state index contributed by atoms with van der Waals surface area (Å²) in [5.41, 5.74) is 6.13. The fourth-order valence-electron chi connectivity index (χ4n) is 1.59. The van der Waals surface area contributed by atoms with Crippen molar-refractivity contribution in [2.24, 2.45) is 22.7 Å². The number of rotatable bonds is 4. The molecule has 0 aromatic heterocycles. The molecule has 0 saturated carbocycles. The Labute approximate surface area is 111 Å². The first-order valence-electron chi connectivity index (χ1n) is 5.49. The second kappa shape index (κ2) is 6.26. The van der Waals surface area contributed by atoms with E-state index in [9.17, 15) is 4.79 Å². The molecule has 1 atom stereocenters. The van der Waals surface area contributed by atoms with Crippen molar-refractivity contribution in [1.29, 1.82) is 0 Å². The van der Waals surface area contributed by atoms with Crippen molar-refractivity contribution < 1.29 is 10.0 Å². The van der Waals surface area contributed by atoms with Gasteiger partial charge in [-0.3, -0.25) is 4.79 Å². The number of amides is 1. The van der Waals surface area contributed by atoms with E-state index in [0.29, 0.717) is 10.7 Å². The number of benzene rings is 1. The molecule has 6 heteroatoms. The number of oxime groups is 1. The van der Waals surface area contributed by atoms with Crippen LogP contribution < -0.4 is 11.1 Å². The van der Waals surface area contributed by atoms with Crippen LogP contribution in [0.2, 0.25) is 5.02 Å². The van der Waals surface area contributed by atoms with Gasteiger partial charge in [0, 0.05) is 10.7 Å². The standard InChI is InChI=1S/C12H16ClN3O2/c1-7(2)10(11(14)16-18)12(17)15-9-5-3-8(13)4-6-9/h3-7,10,18H,1-2H3,(H2,14,16)(H,15,17). The first-order chi connectivity index (χ1) is 8.45. The minimum absolute atomic E-state index is 0.0757.